The molecule has 0 aliphatic rings. The normalized spacial score (nSPS) is 12.8. The monoisotopic (exact) mass is 381 g/mol. The summed E-state index contributed by atoms with van der Waals surface area (Å²) in [5.74, 6) is 0.0356. The topological polar surface area (TPSA) is 26.0 Å². The predicted molar refractivity (Wildman–Crippen MR) is 87.0 cm³/mol. The molecule has 0 amide bonds. The van der Waals surface area contributed by atoms with Crippen molar-refractivity contribution in [3.05, 3.63) is 65.9 Å². The number of benzene rings is 2. The maximum atomic E-state index is 13.3. The highest BCUT2D eigenvalue weighted by molar-refractivity contribution is 5.97. The zero-order chi connectivity index (χ0) is 19.4. The first-order valence-electron chi connectivity index (χ1n) is 7.72. The van der Waals surface area contributed by atoms with Gasteiger partial charge in [0.05, 0.1) is 11.1 Å². The minimum absolute atomic E-state index is 0.0356. The van der Waals surface area contributed by atoms with Crippen molar-refractivity contribution < 1.29 is 30.8 Å². The Morgan fingerprint density at radius 2 is 1.52 bits per heavy atom. The summed E-state index contributed by atoms with van der Waals surface area (Å²) in [7, 11) is 0. The third-order valence-electron chi connectivity index (χ3n) is 4.13. The average Bonchev–Trinajstić information content (AvgIpc) is 3.02. The lowest BCUT2D eigenvalue weighted by molar-refractivity contribution is -0.142. The van der Waals surface area contributed by atoms with E-state index in [2.05, 4.69) is 4.98 Å². The highest BCUT2D eigenvalue weighted by Gasteiger charge is 2.37. The number of alkyl halides is 6. The first kappa shape index (κ1) is 17.4. The van der Waals surface area contributed by atoms with Crippen LogP contribution in [0.15, 0.2) is 59.0 Å². The van der Waals surface area contributed by atoms with Gasteiger partial charge in [0.15, 0.2) is 0 Å². The molecule has 0 radical (unpaired) electrons. The smallest absolute Gasteiger partial charge is 0.433 e. The molecule has 2 heterocycles. The molecule has 0 aliphatic carbocycles. The van der Waals surface area contributed by atoms with Crippen molar-refractivity contribution in [2.45, 2.75) is 12.4 Å². The van der Waals surface area contributed by atoms with Crippen LogP contribution in [0, 0.1) is 0 Å². The third kappa shape index (κ3) is 3.01. The number of nitrogens with zero attached hydrogens (tertiary/aromatic N) is 1. The Morgan fingerprint density at radius 1 is 0.778 bits per heavy atom. The molecule has 4 aromatic rings. The van der Waals surface area contributed by atoms with E-state index in [1.54, 1.807) is 24.3 Å². The lowest BCUT2D eigenvalue weighted by Crippen LogP contribution is -2.12. The molecule has 2 aromatic carbocycles. The Bertz CT molecular complexity index is 1120. The highest BCUT2D eigenvalue weighted by Crippen LogP contribution is 2.41. The Hall–Kier alpha value is -3.03. The number of rotatable bonds is 1. The van der Waals surface area contributed by atoms with E-state index >= 15 is 0 Å². The molecule has 0 N–H and O–H groups in total. The van der Waals surface area contributed by atoms with Gasteiger partial charge in [0.2, 0.25) is 0 Å². The minimum Gasteiger partial charge on any atom is -0.456 e. The second-order valence-electron chi connectivity index (χ2n) is 5.90. The fourth-order valence-corrected chi connectivity index (χ4v) is 2.94. The van der Waals surface area contributed by atoms with Gasteiger partial charge in [-0.3, -0.25) is 0 Å². The first-order valence-corrected chi connectivity index (χ1v) is 7.72. The summed E-state index contributed by atoms with van der Waals surface area (Å²) in [5, 5.41) is 0.551. The molecule has 0 saturated carbocycles. The minimum atomic E-state index is -4.91. The number of halogens is 6. The van der Waals surface area contributed by atoms with E-state index in [1.165, 1.54) is 12.1 Å². The van der Waals surface area contributed by atoms with E-state index in [0.29, 0.717) is 23.1 Å². The van der Waals surface area contributed by atoms with Gasteiger partial charge in [0.25, 0.3) is 0 Å². The van der Waals surface area contributed by atoms with Crippen LogP contribution < -0.4 is 0 Å². The van der Waals surface area contributed by atoms with Gasteiger partial charge in [-0.2, -0.15) is 26.3 Å². The molecule has 4 rings (SSSR count). The van der Waals surface area contributed by atoms with Gasteiger partial charge in [-0.25, -0.2) is 4.98 Å². The van der Waals surface area contributed by atoms with E-state index in [1.807, 2.05) is 0 Å². The standard InChI is InChI=1S/C19H9F6NO/c20-18(21,22)13-6-3-5-11-12(9-16(19(23,24)25)26-17(11)13)15-8-10-4-1-2-7-14(10)27-15/h1-9H. The van der Waals surface area contributed by atoms with Gasteiger partial charge >= 0.3 is 12.4 Å². The summed E-state index contributed by atoms with van der Waals surface area (Å²) in [5.41, 5.74) is -3.10. The third-order valence-corrected chi connectivity index (χ3v) is 4.13. The van der Waals surface area contributed by atoms with E-state index < -0.39 is 29.1 Å². The lowest BCUT2D eigenvalue weighted by atomic mass is 10.0. The molecule has 2 aromatic heterocycles. The van der Waals surface area contributed by atoms with Crippen molar-refractivity contribution in [1.29, 1.82) is 0 Å². The zero-order valence-corrected chi connectivity index (χ0v) is 13.3. The Labute approximate surface area is 148 Å². The first-order chi connectivity index (χ1) is 12.6. The molecular weight excluding hydrogens is 372 g/mol. The largest absolute Gasteiger partial charge is 0.456 e. The van der Waals surface area contributed by atoms with Gasteiger partial charge in [0.1, 0.15) is 17.0 Å². The van der Waals surface area contributed by atoms with Crippen LogP contribution in [0.4, 0.5) is 26.3 Å². The number of fused-ring (bicyclic) bond motifs is 2. The average molecular weight is 381 g/mol. The molecule has 27 heavy (non-hydrogen) atoms. The van der Waals surface area contributed by atoms with Crippen molar-refractivity contribution in [2.24, 2.45) is 0 Å². The summed E-state index contributed by atoms with van der Waals surface area (Å²) in [6, 6.07) is 12.0. The predicted octanol–water partition coefficient (Wildman–Crippen LogP) is 6.69. The number of aromatic nitrogens is 1. The van der Waals surface area contributed by atoms with Crippen molar-refractivity contribution >= 4 is 21.9 Å². The van der Waals surface area contributed by atoms with Gasteiger partial charge in [-0.05, 0) is 24.3 Å². The maximum Gasteiger partial charge on any atom is 0.433 e. The molecule has 2 nitrogen and oxygen atoms in total. The number of furan rings is 1. The second kappa shape index (κ2) is 5.73. The second-order valence-corrected chi connectivity index (χ2v) is 5.90. The molecule has 0 atom stereocenters. The van der Waals surface area contributed by atoms with Gasteiger partial charge in [-0.15, -0.1) is 0 Å². The van der Waals surface area contributed by atoms with Crippen molar-refractivity contribution in [1.82, 2.24) is 4.98 Å². The fraction of sp³-hybridized carbons (Fsp3) is 0.105. The van der Waals surface area contributed by atoms with Crippen LogP contribution >= 0.6 is 0 Å². The molecule has 0 saturated heterocycles. The Morgan fingerprint density at radius 3 is 2.19 bits per heavy atom. The van der Waals surface area contributed by atoms with Crippen molar-refractivity contribution in [3.8, 4) is 11.3 Å². The van der Waals surface area contributed by atoms with Crippen molar-refractivity contribution in [2.75, 3.05) is 0 Å². The zero-order valence-electron chi connectivity index (χ0n) is 13.3. The van der Waals surface area contributed by atoms with Gasteiger partial charge in [0, 0.05) is 16.3 Å². The fourth-order valence-electron chi connectivity index (χ4n) is 2.94. The molecule has 0 unspecified atom stereocenters. The van der Waals surface area contributed by atoms with E-state index in [9.17, 15) is 26.3 Å². The van der Waals surface area contributed by atoms with Crippen LogP contribution in [0.5, 0.6) is 0 Å². The van der Waals surface area contributed by atoms with E-state index in [0.717, 1.165) is 6.07 Å². The summed E-state index contributed by atoms with van der Waals surface area (Å²) < 4.78 is 85.3. The Balaban J connectivity index is 2.10. The maximum absolute atomic E-state index is 13.3. The SMILES string of the molecule is FC(F)(F)c1cc(-c2cc3ccccc3o2)c2cccc(C(F)(F)F)c2n1. The number of hydrogen-bond acceptors (Lipinski definition) is 2. The molecule has 8 heteroatoms. The van der Waals surface area contributed by atoms with Crippen LogP contribution in [-0.4, -0.2) is 4.98 Å². The summed E-state index contributed by atoms with van der Waals surface area (Å²) >= 11 is 0. The van der Waals surface area contributed by atoms with E-state index in [4.69, 9.17) is 4.42 Å². The number of hydrogen-bond donors (Lipinski definition) is 0. The van der Waals surface area contributed by atoms with Crippen molar-refractivity contribution in [3.63, 3.8) is 0 Å². The summed E-state index contributed by atoms with van der Waals surface area (Å²) in [4.78, 5) is 3.27. The number of para-hydroxylation sites is 2. The van der Waals surface area contributed by atoms with Crippen LogP contribution in [-0.2, 0) is 12.4 Å². The molecule has 138 valence electrons. The Kier molecular flexibility index (Phi) is 3.69. The molecule has 0 spiro atoms. The molecular formula is C19H9F6NO. The van der Waals surface area contributed by atoms with Crippen LogP contribution in [0.25, 0.3) is 33.2 Å². The van der Waals surface area contributed by atoms with Gasteiger partial charge in [-0.1, -0.05) is 30.3 Å². The van der Waals surface area contributed by atoms with E-state index in [-0.39, 0.29) is 16.7 Å². The molecule has 0 aliphatic heterocycles. The van der Waals surface area contributed by atoms with Gasteiger partial charge < -0.3 is 4.42 Å². The quantitative estimate of drug-likeness (QED) is 0.344. The van der Waals surface area contributed by atoms with Crippen LogP contribution in [0.3, 0.4) is 0 Å². The number of pyridine rings is 1. The van der Waals surface area contributed by atoms with Crippen LogP contribution in [0.1, 0.15) is 11.3 Å². The summed E-state index contributed by atoms with van der Waals surface area (Å²) in [6.45, 7) is 0. The highest BCUT2D eigenvalue weighted by atomic mass is 19.4. The summed E-state index contributed by atoms with van der Waals surface area (Å²) in [6.07, 6.45) is -9.75. The lowest BCUT2D eigenvalue weighted by Gasteiger charge is -2.14. The molecule has 0 fully saturated rings. The molecule has 0 bridgehead atoms. The van der Waals surface area contributed by atoms with Crippen LogP contribution in [0.2, 0.25) is 0 Å².